The molecule has 9 heteroatoms. The number of benzene rings is 1. The average Bonchev–Trinajstić information content (AvgIpc) is 2.74. The number of nitrogens with one attached hydrogen (secondary N) is 2. The van der Waals surface area contributed by atoms with Gasteiger partial charge in [-0.2, -0.15) is 0 Å². The first-order valence-corrected chi connectivity index (χ1v) is 6.97. The Kier molecular flexibility index (Phi) is 4.30. The molecule has 0 aliphatic heterocycles. The van der Waals surface area contributed by atoms with Crippen molar-refractivity contribution < 1.29 is 14.7 Å². The number of carboxylic acid groups (broad SMARTS) is 1. The monoisotopic (exact) mass is 356 g/mol. The highest BCUT2D eigenvalue weighted by Crippen LogP contribution is 2.22. The summed E-state index contributed by atoms with van der Waals surface area (Å²) >= 11 is 4.44. The number of nitrogens with zero attached hydrogens (tertiary/aromatic N) is 2. The zero-order valence-corrected chi connectivity index (χ0v) is 12.6. The predicted molar refractivity (Wildman–Crippen MR) is 78.4 cm³/mol. The minimum Gasteiger partial charge on any atom is -0.478 e. The van der Waals surface area contributed by atoms with Crippen molar-refractivity contribution in [1.29, 1.82) is 0 Å². The maximum Gasteiger partial charge on any atom is 0.337 e. The quantitative estimate of drug-likeness (QED) is 0.784. The molecule has 0 fully saturated rings. The molecule has 0 radical (unpaired) electrons. The highest BCUT2D eigenvalue weighted by molar-refractivity contribution is 9.10. The number of anilines is 2. The Morgan fingerprint density at radius 2 is 2.05 bits per heavy atom. The van der Waals surface area contributed by atoms with E-state index < -0.39 is 12.0 Å². The van der Waals surface area contributed by atoms with E-state index >= 15 is 0 Å². The predicted octanol–water partition coefficient (Wildman–Crippen LogP) is 2.95. The van der Waals surface area contributed by atoms with Crippen molar-refractivity contribution in [3.63, 3.8) is 0 Å². The second kappa shape index (κ2) is 5.97. The van der Waals surface area contributed by atoms with Gasteiger partial charge in [-0.05, 0) is 25.1 Å². The van der Waals surface area contributed by atoms with Crippen molar-refractivity contribution in [2.45, 2.75) is 6.92 Å². The summed E-state index contributed by atoms with van der Waals surface area (Å²) < 4.78 is 0.657. The van der Waals surface area contributed by atoms with E-state index in [1.165, 1.54) is 23.5 Å². The number of aromatic carboxylic acids is 1. The van der Waals surface area contributed by atoms with Gasteiger partial charge in [0.2, 0.25) is 5.13 Å². The van der Waals surface area contributed by atoms with Crippen molar-refractivity contribution in [2.24, 2.45) is 0 Å². The molecule has 1 heterocycles. The van der Waals surface area contributed by atoms with Crippen LogP contribution in [0.15, 0.2) is 22.7 Å². The van der Waals surface area contributed by atoms with Gasteiger partial charge in [0.15, 0.2) is 0 Å². The molecule has 0 atom stereocenters. The fraction of sp³-hybridized carbons (Fsp3) is 0.0909. The molecule has 2 rings (SSSR count). The largest absolute Gasteiger partial charge is 0.478 e. The number of hydrogen-bond donors (Lipinski definition) is 3. The zero-order chi connectivity index (χ0) is 14.7. The number of rotatable bonds is 3. The lowest BCUT2D eigenvalue weighted by Crippen LogP contribution is -2.21. The third kappa shape index (κ3) is 3.52. The molecule has 0 aliphatic rings. The fourth-order valence-corrected chi connectivity index (χ4v) is 2.35. The molecule has 0 unspecified atom stereocenters. The van der Waals surface area contributed by atoms with Crippen LogP contribution in [0.2, 0.25) is 0 Å². The van der Waals surface area contributed by atoms with Crippen LogP contribution in [0, 0.1) is 6.92 Å². The number of amides is 2. The molecule has 1 aromatic heterocycles. The molecule has 20 heavy (non-hydrogen) atoms. The third-order valence-electron chi connectivity index (χ3n) is 2.21. The fourth-order valence-electron chi connectivity index (χ4n) is 1.40. The Morgan fingerprint density at radius 1 is 1.30 bits per heavy atom. The van der Waals surface area contributed by atoms with Crippen LogP contribution in [-0.2, 0) is 0 Å². The molecule has 0 saturated carbocycles. The van der Waals surface area contributed by atoms with E-state index in [4.69, 9.17) is 5.11 Å². The number of aromatic nitrogens is 2. The summed E-state index contributed by atoms with van der Waals surface area (Å²) in [5.41, 5.74) is 0.183. The molecule has 2 aromatic rings. The van der Waals surface area contributed by atoms with E-state index in [2.05, 4.69) is 36.8 Å². The molecular formula is C11H9BrN4O3S. The van der Waals surface area contributed by atoms with Crippen LogP contribution in [0.1, 0.15) is 15.4 Å². The van der Waals surface area contributed by atoms with Crippen molar-refractivity contribution in [3.05, 3.63) is 33.2 Å². The lowest BCUT2D eigenvalue weighted by atomic mass is 10.2. The number of carbonyl (C=O) groups is 2. The number of hydrogen-bond acceptors (Lipinski definition) is 5. The highest BCUT2D eigenvalue weighted by atomic mass is 79.9. The molecule has 0 aliphatic carbocycles. The summed E-state index contributed by atoms with van der Waals surface area (Å²) in [4.78, 5) is 22.9. The van der Waals surface area contributed by atoms with Gasteiger partial charge in [0.05, 0.1) is 11.3 Å². The molecule has 2 amide bonds. The van der Waals surface area contributed by atoms with Crippen molar-refractivity contribution in [3.8, 4) is 0 Å². The Hall–Kier alpha value is -2.00. The number of halogens is 1. The van der Waals surface area contributed by atoms with Gasteiger partial charge >= 0.3 is 12.0 Å². The van der Waals surface area contributed by atoms with Crippen LogP contribution in [0.4, 0.5) is 15.6 Å². The van der Waals surface area contributed by atoms with Crippen LogP contribution in [0.3, 0.4) is 0 Å². The summed E-state index contributed by atoms with van der Waals surface area (Å²) in [6, 6.07) is 3.91. The van der Waals surface area contributed by atoms with E-state index in [1.54, 1.807) is 13.0 Å². The smallest absolute Gasteiger partial charge is 0.337 e. The van der Waals surface area contributed by atoms with Gasteiger partial charge < -0.3 is 10.4 Å². The van der Waals surface area contributed by atoms with Gasteiger partial charge in [0, 0.05) is 4.47 Å². The summed E-state index contributed by atoms with van der Waals surface area (Å²) in [5, 5.41) is 22.6. The Morgan fingerprint density at radius 3 is 2.65 bits per heavy atom. The Balaban J connectivity index is 2.15. The molecule has 3 N–H and O–H groups in total. The minimum absolute atomic E-state index is 0.00297. The Bertz CT molecular complexity index is 673. The molecule has 1 aromatic carbocycles. The Labute approximate surface area is 126 Å². The first-order chi connectivity index (χ1) is 9.45. The lowest BCUT2D eigenvalue weighted by molar-refractivity contribution is 0.0698. The van der Waals surface area contributed by atoms with E-state index in [-0.39, 0.29) is 11.3 Å². The van der Waals surface area contributed by atoms with E-state index in [0.29, 0.717) is 14.6 Å². The van der Waals surface area contributed by atoms with E-state index in [1.807, 2.05) is 0 Å². The molecule has 0 spiro atoms. The van der Waals surface area contributed by atoms with Gasteiger partial charge in [-0.1, -0.05) is 27.3 Å². The zero-order valence-electron chi connectivity index (χ0n) is 10.2. The average molecular weight is 357 g/mol. The van der Waals surface area contributed by atoms with Gasteiger partial charge in [-0.15, -0.1) is 10.2 Å². The highest BCUT2D eigenvalue weighted by Gasteiger charge is 2.13. The second-order valence-electron chi connectivity index (χ2n) is 3.70. The van der Waals surface area contributed by atoms with Crippen molar-refractivity contribution in [2.75, 3.05) is 10.6 Å². The summed E-state index contributed by atoms with van der Waals surface area (Å²) in [6.45, 7) is 1.76. The number of urea groups is 1. The third-order valence-corrected chi connectivity index (χ3v) is 3.45. The van der Waals surface area contributed by atoms with Gasteiger partial charge in [0.25, 0.3) is 0 Å². The molecule has 7 nitrogen and oxygen atoms in total. The maximum absolute atomic E-state index is 11.8. The first kappa shape index (κ1) is 14.4. The van der Waals surface area contributed by atoms with Crippen LogP contribution in [0.25, 0.3) is 0 Å². The second-order valence-corrected chi connectivity index (χ2v) is 5.80. The molecule has 0 bridgehead atoms. The van der Waals surface area contributed by atoms with Crippen LogP contribution >= 0.6 is 27.3 Å². The van der Waals surface area contributed by atoms with E-state index in [9.17, 15) is 9.59 Å². The number of aryl methyl sites for hydroxylation is 1. The molecule has 0 saturated heterocycles. The van der Waals surface area contributed by atoms with Gasteiger partial charge in [-0.25, -0.2) is 9.59 Å². The van der Waals surface area contributed by atoms with Gasteiger partial charge in [0.1, 0.15) is 5.01 Å². The first-order valence-electron chi connectivity index (χ1n) is 5.36. The molecular weight excluding hydrogens is 348 g/mol. The number of carbonyl (C=O) groups excluding carboxylic acids is 1. The summed E-state index contributed by atoms with van der Waals surface area (Å²) in [7, 11) is 0. The number of carboxylic acids is 1. The van der Waals surface area contributed by atoms with Crippen molar-refractivity contribution in [1.82, 2.24) is 10.2 Å². The topological polar surface area (TPSA) is 104 Å². The summed E-state index contributed by atoms with van der Waals surface area (Å²) in [6.07, 6.45) is 0. The SMILES string of the molecule is Cc1nnc(NC(=O)Nc2cc(Br)ccc2C(=O)O)s1. The minimum atomic E-state index is -1.13. The normalized spacial score (nSPS) is 10.1. The lowest BCUT2D eigenvalue weighted by Gasteiger charge is -2.08. The summed E-state index contributed by atoms with van der Waals surface area (Å²) in [5.74, 6) is -1.13. The maximum atomic E-state index is 11.8. The van der Waals surface area contributed by atoms with Crippen LogP contribution in [0.5, 0.6) is 0 Å². The van der Waals surface area contributed by atoms with Crippen LogP contribution < -0.4 is 10.6 Å². The van der Waals surface area contributed by atoms with Gasteiger partial charge in [-0.3, -0.25) is 5.32 Å². The standard InChI is InChI=1S/C11H9BrN4O3S/c1-5-15-16-11(20-5)14-10(19)13-8-4-6(12)2-3-7(8)9(17)18/h2-4H,1H3,(H,17,18)(H2,13,14,16,19). The van der Waals surface area contributed by atoms with Crippen molar-refractivity contribution >= 4 is 50.1 Å². The van der Waals surface area contributed by atoms with Crippen LogP contribution in [-0.4, -0.2) is 27.3 Å². The molecule has 104 valence electrons. The van der Waals surface area contributed by atoms with E-state index in [0.717, 1.165) is 0 Å².